The van der Waals surface area contributed by atoms with E-state index in [9.17, 15) is 4.79 Å². The van der Waals surface area contributed by atoms with E-state index < -0.39 is 0 Å². The first-order valence-electron chi connectivity index (χ1n) is 9.29. The summed E-state index contributed by atoms with van der Waals surface area (Å²) in [5.74, 6) is 1.07. The standard InChI is InChI=1S/C22H26N2O2/c1-5-6-7-21(25)23-18-13-17(9-8-15(18)4)22-24-19-12-16(14(2)3)10-11-20(19)26-22/h8-14H,5-7H2,1-4H3,(H,23,25). The monoisotopic (exact) mass is 350 g/mol. The van der Waals surface area contributed by atoms with Crippen molar-refractivity contribution in [2.45, 2.75) is 52.9 Å². The number of hydrogen-bond acceptors (Lipinski definition) is 3. The number of benzene rings is 2. The minimum Gasteiger partial charge on any atom is -0.436 e. The van der Waals surface area contributed by atoms with Gasteiger partial charge in [-0.25, -0.2) is 4.98 Å². The van der Waals surface area contributed by atoms with Crippen molar-refractivity contribution in [2.24, 2.45) is 0 Å². The summed E-state index contributed by atoms with van der Waals surface area (Å²) in [4.78, 5) is 16.7. The van der Waals surface area contributed by atoms with Crippen LogP contribution in [0.4, 0.5) is 5.69 Å². The fourth-order valence-electron chi connectivity index (χ4n) is 2.87. The summed E-state index contributed by atoms with van der Waals surface area (Å²) in [6.07, 6.45) is 2.45. The molecular formula is C22H26N2O2. The highest BCUT2D eigenvalue weighted by atomic mass is 16.3. The maximum absolute atomic E-state index is 12.1. The Labute approximate surface area is 154 Å². The Morgan fingerprint density at radius 2 is 2.00 bits per heavy atom. The van der Waals surface area contributed by atoms with Crippen molar-refractivity contribution in [1.29, 1.82) is 0 Å². The molecule has 0 bridgehead atoms. The van der Waals surface area contributed by atoms with Crippen LogP contribution in [0.1, 0.15) is 57.1 Å². The summed E-state index contributed by atoms with van der Waals surface area (Å²) in [5, 5.41) is 3.00. The lowest BCUT2D eigenvalue weighted by Gasteiger charge is -2.09. The van der Waals surface area contributed by atoms with Crippen LogP contribution in [0.2, 0.25) is 0 Å². The molecule has 26 heavy (non-hydrogen) atoms. The van der Waals surface area contributed by atoms with Crippen LogP contribution in [0.15, 0.2) is 40.8 Å². The second-order valence-corrected chi connectivity index (χ2v) is 7.08. The number of nitrogens with zero attached hydrogens (tertiary/aromatic N) is 1. The molecule has 4 nitrogen and oxygen atoms in total. The van der Waals surface area contributed by atoms with Crippen molar-refractivity contribution < 1.29 is 9.21 Å². The summed E-state index contributed by atoms with van der Waals surface area (Å²) in [6.45, 7) is 8.39. The Morgan fingerprint density at radius 3 is 2.73 bits per heavy atom. The lowest BCUT2D eigenvalue weighted by molar-refractivity contribution is -0.116. The van der Waals surface area contributed by atoms with Crippen LogP contribution in [-0.4, -0.2) is 10.9 Å². The molecule has 1 N–H and O–H groups in total. The Hall–Kier alpha value is -2.62. The number of aromatic nitrogens is 1. The fourth-order valence-corrected chi connectivity index (χ4v) is 2.87. The fraction of sp³-hybridized carbons (Fsp3) is 0.364. The van der Waals surface area contributed by atoms with E-state index in [1.54, 1.807) is 0 Å². The van der Waals surface area contributed by atoms with Crippen LogP contribution in [0.5, 0.6) is 0 Å². The zero-order valence-electron chi connectivity index (χ0n) is 15.9. The smallest absolute Gasteiger partial charge is 0.227 e. The summed E-state index contributed by atoms with van der Waals surface area (Å²) < 4.78 is 5.93. The molecule has 0 aliphatic carbocycles. The van der Waals surface area contributed by atoms with Gasteiger partial charge >= 0.3 is 0 Å². The van der Waals surface area contributed by atoms with Gasteiger partial charge in [-0.2, -0.15) is 0 Å². The molecule has 0 atom stereocenters. The third-order valence-electron chi connectivity index (χ3n) is 4.59. The SMILES string of the molecule is CCCCC(=O)Nc1cc(-c2nc3cc(C(C)C)ccc3o2)ccc1C. The first-order valence-corrected chi connectivity index (χ1v) is 9.29. The Bertz CT molecular complexity index is 925. The van der Waals surface area contributed by atoms with Gasteiger partial charge in [0.05, 0.1) is 0 Å². The lowest BCUT2D eigenvalue weighted by atomic mass is 10.0. The number of hydrogen-bond donors (Lipinski definition) is 1. The molecule has 0 unspecified atom stereocenters. The molecule has 0 spiro atoms. The van der Waals surface area contributed by atoms with Crippen LogP contribution in [0.25, 0.3) is 22.6 Å². The van der Waals surface area contributed by atoms with E-state index in [2.05, 4.69) is 43.2 Å². The minimum absolute atomic E-state index is 0.0474. The molecular weight excluding hydrogens is 324 g/mol. The van der Waals surface area contributed by atoms with E-state index >= 15 is 0 Å². The van der Waals surface area contributed by atoms with E-state index in [1.807, 2.05) is 31.2 Å². The van der Waals surface area contributed by atoms with Gasteiger partial charge in [0.1, 0.15) is 5.52 Å². The Morgan fingerprint density at radius 1 is 1.19 bits per heavy atom. The molecule has 0 radical (unpaired) electrons. The van der Waals surface area contributed by atoms with Crippen LogP contribution >= 0.6 is 0 Å². The first-order chi connectivity index (χ1) is 12.5. The average molecular weight is 350 g/mol. The molecule has 3 rings (SSSR count). The second-order valence-electron chi connectivity index (χ2n) is 7.08. The van der Waals surface area contributed by atoms with Gasteiger partial charge in [0.15, 0.2) is 5.58 Å². The minimum atomic E-state index is 0.0474. The van der Waals surface area contributed by atoms with E-state index in [0.717, 1.165) is 40.8 Å². The van der Waals surface area contributed by atoms with Crippen LogP contribution < -0.4 is 5.32 Å². The van der Waals surface area contributed by atoms with E-state index in [1.165, 1.54) is 5.56 Å². The molecule has 0 aliphatic heterocycles. The molecule has 3 aromatic rings. The van der Waals surface area contributed by atoms with Crippen molar-refractivity contribution in [3.63, 3.8) is 0 Å². The predicted octanol–water partition coefficient (Wildman–Crippen LogP) is 6.06. The molecule has 4 heteroatoms. The number of anilines is 1. The van der Waals surface area contributed by atoms with Gasteiger partial charge < -0.3 is 9.73 Å². The van der Waals surface area contributed by atoms with Crippen molar-refractivity contribution in [1.82, 2.24) is 4.98 Å². The van der Waals surface area contributed by atoms with Crippen LogP contribution in [0.3, 0.4) is 0 Å². The Balaban J connectivity index is 1.90. The van der Waals surface area contributed by atoms with Gasteiger partial charge in [-0.05, 0) is 54.7 Å². The molecule has 1 heterocycles. The number of aryl methyl sites for hydroxylation is 1. The molecule has 0 aliphatic rings. The summed E-state index contributed by atoms with van der Waals surface area (Å²) in [5.41, 5.74) is 5.58. The van der Waals surface area contributed by atoms with Crippen LogP contribution in [0, 0.1) is 6.92 Å². The van der Waals surface area contributed by atoms with Crippen LogP contribution in [-0.2, 0) is 4.79 Å². The van der Waals surface area contributed by atoms with Crippen molar-refractivity contribution in [3.8, 4) is 11.5 Å². The van der Waals surface area contributed by atoms with E-state index in [-0.39, 0.29) is 5.91 Å². The number of unbranched alkanes of at least 4 members (excludes halogenated alkanes) is 1. The normalized spacial score (nSPS) is 11.3. The number of rotatable bonds is 6. The molecule has 1 aromatic heterocycles. The van der Waals surface area contributed by atoms with Gasteiger partial charge in [-0.15, -0.1) is 0 Å². The number of oxazole rings is 1. The van der Waals surface area contributed by atoms with Gasteiger partial charge in [-0.1, -0.05) is 39.3 Å². The number of amides is 1. The number of fused-ring (bicyclic) bond motifs is 1. The predicted molar refractivity (Wildman–Crippen MR) is 106 cm³/mol. The van der Waals surface area contributed by atoms with Crippen molar-refractivity contribution in [3.05, 3.63) is 47.5 Å². The second kappa shape index (κ2) is 7.73. The number of carbonyl (C=O) groups excluding carboxylic acids is 1. The molecule has 136 valence electrons. The van der Waals surface area contributed by atoms with E-state index in [0.29, 0.717) is 18.2 Å². The summed E-state index contributed by atoms with van der Waals surface area (Å²) >= 11 is 0. The molecule has 0 fully saturated rings. The molecule has 2 aromatic carbocycles. The lowest BCUT2D eigenvalue weighted by Crippen LogP contribution is -2.11. The molecule has 1 amide bonds. The largest absolute Gasteiger partial charge is 0.436 e. The third kappa shape index (κ3) is 3.96. The first kappa shape index (κ1) is 18.2. The van der Waals surface area contributed by atoms with Gasteiger partial charge in [0, 0.05) is 17.7 Å². The number of nitrogens with one attached hydrogen (secondary N) is 1. The van der Waals surface area contributed by atoms with Crippen molar-refractivity contribution in [2.75, 3.05) is 5.32 Å². The van der Waals surface area contributed by atoms with Gasteiger partial charge in [0.25, 0.3) is 0 Å². The van der Waals surface area contributed by atoms with Gasteiger partial charge in [-0.3, -0.25) is 4.79 Å². The zero-order valence-corrected chi connectivity index (χ0v) is 15.9. The van der Waals surface area contributed by atoms with Crippen molar-refractivity contribution >= 4 is 22.7 Å². The summed E-state index contributed by atoms with van der Waals surface area (Å²) in [7, 11) is 0. The molecule has 0 saturated carbocycles. The third-order valence-corrected chi connectivity index (χ3v) is 4.59. The van der Waals surface area contributed by atoms with E-state index in [4.69, 9.17) is 4.42 Å². The topological polar surface area (TPSA) is 55.1 Å². The highest BCUT2D eigenvalue weighted by Gasteiger charge is 2.12. The zero-order chi connectivity index (χ0) is 18.7. The quantitative estimate of drug-likeness (QED) is 0.588. The molecule has 0 saturated heterocycles. The highest BCUT2D eigenvalue weighted by molar-refractivity contribution is 5.92. The maximum atomic E-state index is 12.1. The summed E-state index contributed by atoms with van der Waals surface area (Å²) in [6, 6.07) is 12.0. The Kier molecular flexibility index (Phi) is 5.40. The highest BCUT2D eigenvalue weighted by Crippen LogP contribution is 2.29. The van der Waals surface area contributed by atoms with Gasteiger partial charge in [0.2, 0.25) is 11.8 Å². The number of carbonyl (C=O) groups is 1. The maximum Gasteiger partial charge on any atom is 0.227 e. The average Bonchev–Trinajstić information content (AvgIpc) is 3.05.